The van der Waals surface area contributed by atoms with Gasteiger partial charge in [0.1, 0.15) is 22.9 Å². The highest BCUT2D eigenvalue weighted by molar-refractivity contribution is 5.93. The molecule has 0 fully saturated rings. The highest BCUT2D eigenvalue weighted by Crippen LogP contribution is 2.30. The summed E-state index contributed by atoms with van der Waals surface area (Å²) in [5.41, 5.74) is 1.48. The lowest BCUT2D eigenvalue weighted by molar-refractivity contribution is -0.131. The molecule has 140 valence electrons. The average molecular weight is 349 g/mol. The van der Waals surface area contributed by atoms with Crippen LogP contribution in [0.4, 0.5) is 0 Å². The number of H-pyrrole nitrogens is 1. The van der Waals surface area contributed by atoms with Gasteiger partial charge in [0.25, 0.3) is 0 Å². The third-order valence-corrected chi connectivity index (χ3v) is 4.69. The minimum absolute atomic E-state index is 0.0121. The van der Waals surface area contributed by atoms with Gasteiger partial charge in [-0.1, -0.05) is 13.8 Å². The molecule has 1 heterocycles. The molecule has 0 spiro atoms. The zero-order chi connectivity index (χ0) is 19.7. The lowest BCUT2D eigenvalue weighted by Gasteiger charge is -2.22. The Morgan fingerprint density at radius 1 is 1.04 bits per heavy atom. The van der Waals surface area contributed by atoms with Crippen LogP contribution in [0, 0.1) is 19.3 Å². The Kier molecular flexibility index (Phi) is 6.04. The number of aromatic nitrogens is 1. The number of carbonyl (C=O) groups is 3. The monoisotopic (exact) mass is 349 g/mol. The molecule has 1 N–H and O–H groups in total. The summed E-state index contributed by atoms with van der Waals surface area (Å²) in [6.07, 6.45) is 0.169. The Balaban J connectivity index is 3.10. The van der Waals surface area contributed by atoms with E-state index in [4.69, 9.17) is 4.74 Å². The maximum Gasteiger partial charge on any atom is 0.355 e. The van der Waals surface area contributed by atoms with E-state index in [1.807, 2.05) is 34.6 Å². The largest absolute Gasteiger partial charge is 0.455 e. The van der Waals surface area contributed by atoms with Crippen LogP contribution in [0.1, 0.15) is 88.1 Å². The first kappa shape index (κ1) is 21.1. The highest BCUT2D eigenvalue weighted by Gasteiger charge is 2.32. The Morgan fingerprint density at radius 2 is 1.56 bits per heavy atom. The maximum atomic E-state index is 12.6. The minimum Gasteiger partial charge on any atom is -0.455 e. The summed E-state index contributed by atoms with van der Waals surface area (Å²) < 4.78 is 5.43. The van der Waals surface area contributed by atoms with Crippen molar-refractivity contribution in [1.82, 2.24) is 4.98 Å². The smallest absolute Gasteiger partial charge is 0.355 e. The lowest BCUT2D eigenvalue weighted by Crippen LogP contribution is -2.27. The van der Waals surface area contributed by atoms with E-state index in [2.05, 4.69) is 4.98 Å². The zero-order valence-electron chi connectivity index (χ0n) is 16.9. The number of aromatic amines is 1. The van der Waals surface area contributed by atoms with Gasteiger partial charge in [-0.25, -0.2) is 4.79 Å². The van der Waals surface area contributed by atoms with E-state index in [-0.39, 0.29) is 18.0 Å². The van der Waals surface area contributed by atoms with Gasteiger partial charge in [-0.3, -0.25) is 9.59 Å². The fourth-order valence-corrected chi connectivity index (χ4v) is 2.55. The number of hydrogen-bond donors (Lipinski definition) is 1. The van der Waals surface area contributed by atoms with Crippen LogP contribution < -0.4 is 0 Å². The van der Waals surface area contributed by atoms with Crippen LogP contribution in [0.3, 0.4) is 0 Å². The number of Topliss-reactive ketones (excluding diaryl/α,β-unsaturated/α-hetero) is 2. The molecule has 0 amide bonds. The third kappa shape index (κ3) is 5.03. The van der Waals surface area contributed by atoms with Crippen LogP contribution in [-0.2, 0) is 14.3 Å². The fourth-order valence-electron chi connectivity index (χ4n) is 2.55. The topological polar surface area (TPSA) is 76.2 Å². The predicted octanol–water partition coefficient (Wildman–Crippen LogP) is 4.26. The normalized spacial score (nSPS) is 13.5. The van der Waals surface area contributed by atoms with Crippen molar-refractivity contribution in [2.75, 3.05) is 0 Å². The molecular formula is C20H31NO4. The number of nitrogens with one attached hydrogen (secondary N) is 1. The molecule has 0 bridgehead atoms. The Hall–Kier alpha value is -1.91. The lowest BCUT2D eigenvalue weighted by atomic mass is 9.80. The summed E-state index contributed by atoms with van der Waals surface area (Å²) in [5, 5.41) is 0. The summed E-state index contributed by atoms with van der Waals surface area (Å²) in [7, 11) is 0. The molecule has 0 aliphatic rings. The van der Waals surface area contributed by atoms with Crippen molar-refractivity contribution < 1.29 is 19.1 Å². The molecule has 1 aromatic heterocycles. The second-order valence-electron chi connectivity index (χ2n) is 8.47. The standard InChI is InChI=1S/C20H31NO4/c1-11-12(2)17(18(24)25-19(5,6)7)21-16(11)13(3)15(23)10-20(8,9)14(4)22/h13,21H,10H2,1-9H3. The van der Waals surface area contributed by atoms with Crippen LogP contribution in [0.5, 0.6) is 0 Å². The quantitative estimate of drug-likeness (QED) is 0.778. The van der Waals surface area contributed by atoms with Gasteiger partial charge in [0, 0.05) is 17.5 Å². The maximum absolute atomic E-state index is 12.6. The van der Waals surface area contributed by atoms with Gasteiger partial charge in [-0.05, 0) is 59.6 Å². The second kappa shape index (κ2) is 7.14. The van der Waals surface area contributed by atoms with Crippen LogP contribution in [0.25, 0.3) is 0 Å². The van der Waals surface area contributed by atoms with Gasteiger partial charge in [-0.15, -0.1) is 0 Å². The van der Waals surface area contributed by atoms with Gasteiger partial charge in [-0.2, -0.15) is 0 Å². The molecule has 0 saturated heterocycles. The van der Waals surface area contributed by atoms with Gasteiger partial charge < -0.3 is 9.72 Å². The first-order chi connectivity index (χ1) is 11.2. The molecule has 1 rings (SSSR count). The molecule has 0 saturated carbocycles. The van der Waals surface area contributed by atoms with Crippen LogP contribution in [-0.4, -0.2) is 28.1 Å². The van der Waals surface area contributed by atoms with E-state index in [0.29, 0.717) is 11.4 Å². The van der Waals surface area contributed by atoms with Crippen LogP contribution in [0.2, 0.25) is 0 Å². The number of rotatable bonds is 6. The van der Waals surface area contributed by atoms with Crippen molar-refractivity contribution in [3.8, 4) is 0 Å². The fraction of sp³-hybridized carbons (Fsp3) is 0.650. The Labute approximate surface area is 150 Å². The van der Waals surface area contributed by atoms with Crippen molar-refractivity contribution in [1.29, 1.82) is 0 Å². The number of carbonyl (C=O) groups excluding carboxylic acids is 3. The number of hydrogen-bond acceptors (Lipinski definition) is 4. The van der Waals surface area contributed by atoms with E-state index in [1.54, 1.807) is 20.8 Å². The van der Waals surface area contributed by atoms with Crippen molar-refractivity contribution >= 4 is 17.5 Å². The molecule has 0 aromatic carbocycles. The van der Waals surface area contributed by atoms with Crippen LogP contribution in [0.15, 0.2) is 0 Å². The van der Waals surface area contributed by atoms with Gasteiger partial charge in [0.15, 0.2) is 0 Å². The summed E-state index contributed by atoms with van der Waals surface area (Å²) in [6.45, 7) is 16.0. The van der Waals surface area contributed by atoms with E-state index in [9.17, 15) is 14.4 Å². The summed E-state index contributed by atoms with van der Waals surface area (Å²) >= 11 is 0. The molecular weight excluding hydrogens is 318 g/mol. The summed E-state index contributed by atoms with van der Waals surface area (Å²) in [6, 6.07) is 0. The Bertz CT molecular complexity index is 689. The number of ketones is 2. The number of esters is 1. The molecule has 1 unspecified atom stereocenters. The minimum atomic E-state index is -0.686. The SMILES string of the molecule is CC(=O)C(C)(C)CC(=O)C(C)c1[nH]c(C(=O)OC(C)(C)C)c(C)c1C. The van der Waals surface area contributed by atoms with Crippen molar-refractivity contribution in [3.05, 3.63) is 22.5 Å². The van der Waals surface area contributed by atoms with Gasteiger partial charge >= 0.3 is 5.97 Å². The zero-order valence-corrected chi connectivity index (χ0v) is 16.9. The second-order valence-corrected chi connectivity index (χ2v) is 8.47. The molecule has 0 aliphatic carbocycles. The first-order valence-corrected chi connectivity index (χ1v) is 8.63. The van der Waals surface area contributed by atoms with Gasteiger partial charge in [0.05, 0.1) is 5.92 Å². The summed E-state index contributed by atoms with van der Waals surface area (Å²) in [5.74, 6) is -0.890. The van der Waals surface area contributed by atoms with E-state index >= 15 is 0 Å². The molecule has 25 heavy (non-hydrogen) atoms. The van der Waals surface area contributed by atoms with E-state index < -0.39 is 22.9 Å². The van der Waals surface area contributed by atoms with Gasteiger partial charge in [0.2, 0.25) is 0 Å². The predicted molar refractivity (Wildman–Crippen MR) is 97.9 cm³/mol. The molecule has 1 aromatic rings. The van der Waals surface area contributed by atoms with Crippen molar-refractivity contribution in [2.45, 2.75) is 80.3 Å². The number of ether oxygens (including phenoxy) is 1. The molecule has 5 nitrogen and oxygen atoms in total. The molecule has 0 radical (unpaired) electrons. The van der Waals surface area contributed by atoms with Crippen molar-refractivity contribution in [2.24, 2.45) is 5.41 Å². The van der Waals surface area contributed by atoms with E-state index in [0.717, 1.165) is 11.1 Å². The average Bonchev–Trinajstić information content (AvgIpc) is 2.72. The molecule has 5 heteroatoms. The van der Waals surface area contributed by atoms with Crippen LogP contribution >= 0.6 is 0 Å². The molecule has 0 aliphatic heterocycles. The van der Waals surface area contributed by atoms with Crippen molar-refractivity contribution in [3.63, 3.8) is 0 Å². The van der Waals surface area contributed by atoms with E-state index in [1.165, 1.54) is 6.92 Å². The highest BCUT2D eigenvalue weighted by atomic mass is 16.6. The first-order valence-electron chi connectivity index (χ1n) is 8.63. The Morgan fingerprint density at radius 3 is 2.00 bits per heavy atom. The third-order valence-electron chi connectivity index (χ3n) is 4.69. The summed E-state index contributed by atoms with van der Waals surface area (Å²) in [4.78, 5) is 39.8. The molecule has 1 atom stereocenters.